The smallest absolute Gasteiger partial charge is 0.264 e. The Morgan fingerprint density at radius 2 is 0.312 bits per heavy atom. The van der Waals surface area contributed by atoms with Crippen molar-refractivity contribution in [3.63, 3.8) is 0 Å². The largest absolute Gasteiger partial charge is 3.00 e. The average Bonchev–Trinajstić information content (AvgIpc) is 1.41. The molecule has 0 radical (unpaired) electrons. The maximum atomic E-state index is 8.58. The van der Waals surface area contributed by atoms with Crippen molar-refractivity contribution in [2.24, 2.45) is 0 Å². The first kappa shape index (κ1) is 26.1. The molecule has 0 saturated heterocycles. The maximum Gasteiger partial charge on any atom is 3.00 e. The minimum absolute atomic E-state index is 0. The Kier molecular flexibility index (Phi) is 17.0. The third-order valence-electron chi connectivity index (χ3n) is 0. The zero-order chi connectivity index (χ0) is 13.5. The summed E-state index contributed by atoms with van der Waals surface area (Å²) in [4.78, 5) is 0. The molecule has 0 aromatic carbocycles. The molecule has 0 aromatic rings. The molecule has 0 N–H and O–H groups in total. The Bertz CT molecular complexity index is 91.3. The van der Waals surface area contributed by atoms with Gasteiger partial charge in [-0.1, -0.05) is 0 Å². The summed E-state index contributed by atoms with van der Waals surface area (Å²) < 4.78 is 103. The molecule has 0 aromatic heterocycles. The van der Waals surface area contributed by atoms with Gasteiger partial charge < -0.3 is 0 Å². The van der Waals surface area contributed by atoms with Gasteiger partial charge in [0.05, 0.1) is 42.3 Å². The van der Waals surface area contributed by atoms with Gasteiger partial charge in [0.1, 0.15) is 0 Å². The van der Waals surface area contributed by atoms with E-state index in [1.165, 1.54) is 0 Å². The van der Waals surface area contributed by atoms with E-state index in [1.54, 1.807) is 0 Å². The minimum atomic E-state index is -5.62. The third kappa shape index (κ3) is 1460. The SMILES string of the molecule is [Al+3].[O-][Br+3]([O-])([O-])[O-].[O-][Br+3]([O-])([O-])[O-].[O-][Br+3]([O-])([O-])[O-]. The monoisotopic (exact) mass is 456 g/mol. The van der Waals surface area contributed by atoms with Gasteiger partial charge >= 0.3 is 17.4 Å². The third-order valence-corrected chi connectivity index (χ3v) is 0. The van der Waals surface area contributed by atoms with E-state index in [-0.39, 0.29) is 17.4 Å². The Morgan fingerprint density at radius 3 is 0.312 bits per heavy atom. The molecule has 0 aliphatic carbocycles. The number of halogens is 3. The molecule has 0 bridgehead atoms. The molecule has 0 spiro atoms. The molecule has 0 aliphatic rings. The Hall–Kier alpha value is 1.49. The number of rotatable bonds is 0. The summed E-state index contributed by atoms with van der Waals surface area (Å²) in [5.74, 6) is 0. The van der Waals surface area contributed by atoms with Crippen LogP contribution in [0.2, 0.25) is 0 Å². The molecule has 12 nitrogen and oxygen atoms in total. The van der Waals surface area contributed by atoms with Crippen LogP contribution in [-0.2, 0) is 0 Å². The first-order chi connectivity index (χ1) is 6.00. The second-order valence-corrected chi connectivity index (χ2v) is 5.89. The summed E-state index contributed by atoms with van der Waals surface area (Å²) in [7, 11) is 0. The van der Waals surface area contributed by atoms with Crippen LogP contribution < -0.4 is 50.4 Å². The molecular weight excluding hydrogens is 459 g/mol. The average molecular weight is 459 g/mol. The van der Waals surface area contributed by atoms with Crippen LogP contribution in [0.4, 0.5) is 0 Å². The molecule has 0 aliphatic heterocycles. The fraction of sp³-hybridized carbons (Fsp3) is 0. The van der Waals surface area contributed by atoms with Crippen molar-refractivity contribution in [1.29, 1.82) is 0 Å². The first-order valence-corrected chi connectivity index (χ1v) is 9.62. The maximum absolute atomic E-state index is 8.58. The van der Waals surface area contributed by atoms with E-state index in [2.05, 4.69) is 0 Å². The van der Waals surface area contributed by atoms with Crippen LogP contribution in [0.25, 0.3) is 0 Å². The predicted octanol–water partition coefficient (Wildman–Crippen LogP) is -14.6. The van der Waals surface area contributed by atoms with Gasteiger partial charge in [-0.2, -0.15) is 0 Å². The molecule has 0 amide bonds. The standard InChI is InChI=1S/Al.3BrO4/c;3*2-1(3,4)5/q+3;3*-1. The molecule has 16 heteroatoms. The molecule has 0 atom stereocenters. The van der Waals surface area contributed by atoms with Crippen LogP contribution in [0.15, 0.2) is 0 Å². The molecule has 0 fully saturated rings. The van der Waals surface area contributed by atoms with Gasteiger partial charge in [-0.25, -0.2) is 0 Å². The molecular formula is AlBr3O12. The first-order valence-electron chi connectivity index (χ1n) is 1.85. The Labute approximate surface area is 110 Å². The zero-order valence-electron chi connectivity index (χ0n) is 6.61. The minimum Gasteiger partial charge on any atom is -0.264 e. The van der Waals surface area contributed by atoms with Gasteiger partial charge in [0.25, 0.3) is 0 Å². The van der Waals surface area contributed by atoms with E-state index in [0.29, 0.717) is 0 Å². The van der Waals surface area contributed by atoms with E-state index in [1.807, 2.05) is 0 Å². The van der Waals surface area contributed by atoms with Crippen LogP contribution in [0, 0.1) is 42.3 Å². The van der Waals surface area contributed by atoms with Crippen molar-refractivity contribution in [1.82, 2.24) is 0 Å². The van der Waals surface area contributed by atoms with Gasteiger partial charge in [0.15, 0.2) is 0 Å². The summed E-state index contributed by atoms with van der Waals surface area (Å²) in [6.45, 7) is 0. The molecule has 0 unspecified atom stereocenters. The summed E-state index contributed by atoms with van der Waals surface area (Å²) in [5, 5.41) is 0. The van der Waals surface area contributed by atoms with Crippen molar-refractivity contribution in [3.8, 4) is 0 Å². The zero-order valence-corrected chi connectivity index (χ0v) is 12.5. The number of hydrogen-bond acceptors (Lipinski definition) is 12. The second-order valence-electron chi connectivity index (χ2n) is 1.13. The van der Waals surface area contributed by atoms with Crippen molar-refractivity contribution in [2.45, 2.75) is 0 Å². The summed E-state index contributed by atoms with van der Waals surface area (Å²) in [6.07, 6.45) is 0. The van der Waals surface area contributed by atoms with Crippen LogP contribution in [0.1, 0.15) is 0 Å². The Morgan fingerprint density at radius 1 is 0.312 bits per heavy atom. The van der Waals surface area contributed by atoms with Crippen LogP contribution >= 0.6 is 0 Å². The van der Waals surface area contributed by atoms with E-state index in [4.69, 9.17) is 50.4 Å². The quantitative estimate of drug-likeness (QED) is 0.306. The van der Waals surface area contributed by atoms with Gasteiger partial charge in [0.2, 0.25) is 0 Å². The molecule has 16 heavy (non-hydrogen) atoms. The van der Waals surface area contributed by atoms with Gasteiger partial charge in [-0.15, -0.1) is 0 Å². The second kappa shape index (κ2) is 10.4. The molecule has 0 heterocycles. The van der Waals surface area contributed by atoms with Crippen molar-refractivity contribution >= 4 is 17.4 Å². The topological polar surface area (TPSA) is 277 Å². The van der Waals surface area contributed by atoms with Crippen molar-refractivity contribution in [2.75, 3.05) is 0 Å². The van der Waals surface area contributed by atoms with Crippen molar-refractivity contribution in [3.05, 3.63) is 0 Å². The molecule has 0 rings (SSSR count). The van der Waals surface area contributed by atoms with E-state index < -0.39 is 42.3 Å². The van der Waals surface area contributed by atoms with Crippen LogP contribution in [-0.4, -0.2) is 17.4 Å². The van der Waals surface area contributed by atoms with Gasteiger partial charge in [-0.05, 0) is 0 Å². The molecule has 0 saturated carbocycles. The number of hydrogen-bond donors (Lipinski definition) is 0. The van der Waals surface area contributed by atoms with Gasteiger partial charge in [0, 0.05) is 0 Å². The fourth-order valence-corrected chi connectivity index (χ4v) is 0. The molecule has 96 valence electrons. The summed E-state index contributed by atoms with van der Waals surface area (Å²) in [6, 6.07) is 0. The summed E-state index contributed by atoms with van der Waals surface area (Å²) in [5.41, 5.74) is 0. The van der Waals surface area contributed by atoms with E-state index in [9.17, 15) is 0 Å². The fourth-order valence-electron chi connectivity index (χ4n) is 0. The van der Waals surface area contributed by atoms with Crippen LogP contribution in [0.3, 0.4) is 0 Å². The summed E-state index contributed by atoms with van der Waals surface area (Å²) >= 11 is -16.9. The normalized spacial score (nSPS) is 11.2. The van der Waals surface area contributed by atoms with E-state index in [0.717, 1.165) is 0 Å². The Balaban J connectivity index is -0.0000000655. The van der Waals surface area contributed by atoms with Crippen molar-refractivity contribution < 1.29 is 92.6 Å². The van der Waals surface area contributed by atoms with Gasteiger partial charge in [-0.3, -0.25) is 50.4 Å². The predicted molar refractivity (Wildman–Crippen MR) is 5.75 cm³/mol. The van der Waals surface area contributed by atoms with Crippen LogP contribution in [0.5, 0.6) is 0 Å². The van der Waals surface area contributed by atoms with E-state index >= 15 is 0 Å².